The fourth-order valence-electron chi connectivity index (χ4n) is 3.36. The minimum absolute atomic E-state index is 0.196. The Morgan fingerprint density at radius 1 is 1.29 bits per heavy atom. The van der Waals surface area contributed by atoms with Gasteiger partial charge in [0.2, 0.25) is 5.91 Å². The topological polar surface area (TPSA) is 87.5 Å². The van der Waals surface area contributed by atoms with Crippen molar-refractivity contribution < 1.29 is 27.9 Å². The van der Waals surface area contributed by atoms with Crippen molar-refractivity contribution in [3.63, 3.8) is 0 Å². The average molecular weight is 459 g/mol. The summed E-state index contributed by atoms with van der Waals surface area (Å²) < 4.78 is 34.0. The number of aryl methyl sites for hydroxylation is 1. The molecule has 0 saturated heterocycles. The van der Waals surface area contributed by atoms with Gasteiger partial charge in [-0.15, -0.1) is 11.3 Å². The first-order valence-electron chi connectivity index (χ1n) is 10.0. The predicted molar refractivity (Wildman–Crippen MR) is 108 cm³/mol. The van der Waals surface area contributed by atoms with E-state index in [1.165, 1.54) is 16.2 Å². The number of carbonyl (C=O) groups excluding carboxylic acids is 1. The number of hydrogen-bond donors (Lipinski definition) is 2. The van der Waals surface area contributed by atoms with Crippen LogP contribution in [0.4, 0.5) is 13.2 Å². The van der Waals surface area contributed by atoms with Gasteiger partial charge in [-0.3, -0.25) is 9.69 Å². The van der Waals surface area contributed by atoms with E-state index < -0.39 is 12.1 Å². The number of aliphatic carboxylic acids is 1. The monoisotopic (exact) mass is 458 g/mol. The number of aromatic nitrogens is 2. The van der Waals surface area contributed by atoms with Gasteiger partial charge in [-0.2, -0.15) is 13.2 Å². The molecule has 31 heavy (non-hydrogen) atoms. The number of carboxylic acids is 1. The van der Waals surface area contributed by atoms with Gasteiger partial charge in [0.25, 0.3) is 0 Å². The minimum atomic E-state index is -5.08. The molecule has 11 heteroatoms. The predicted octanol–water partition coefficient (Wildman–Crippen LogP) is 3.32. The highest BCUT2D eigenvalue weighted by molar-refractivity contribution is 7.11. The Labute approximate surface area is 181 Å². The number of imidazole rings is 1. The van der Waals surface area contributed by atoms with Crippen molar-refractivity contribution >= 4 is 23.2 Å². The highest BCUT2D eigenvalue weighted by Crippen LogP contribution is 2.26. The molecule has 0 atom stereocenters. The molecule has 0 spiro atoms. The number of carbonyl (C=O) groups is 2. The summed E-state index contributed by atoms with van der Waals surface area (Å²) in [7, 11) is 0. The Bertz CT molecular complexity index is 921. The van der Waals surface area contributed by atoms with Gasteiger partial charge in [0.05, 0.1) is 18.8 Å². The second-order valence-corrected chi connectivity index (χ2v) is 9.09. The molecule has 7 nitrogen and oxygen atoms in total. The molecule has 1 saturated carbocycles. The summed E-state index contributed by atoms with van der Waals surface area (Å²) in [6, 6.07) is 4.41. The van der Waals surface area contributed by atoms with Crippen LogP contribution in [0.5, 0.6) is 0 Å². The molecule has 2 aromatic heterocycles. The molecule has 1 aliphatic carbocycles. The maximum atomic E-state index is 11.9. The third kappa shape index (κ3) is 6.54. The SMILES string of the molecule is Cc1ccc(CN2CCn3cc(CNC(=O)C4CCC4)nc3C2)s1.O=C(O)C(F)(F)F. The maximum absolute atomic E-state index is 11.9. The number of nitrogens with one attached hydrogen (secondary N) is 1. The Morgan fingerprint density at radius 3 is 2.55 bits per heavy atom. The van der Waals surface area contributed by atoms with Crippen LogP contribution >= 0.6 is 11.3 Å². The number of thiophene rings is 1. The van der Waals surface area contributed by atoms with Gasteiger partial charge in [-0.05, 0) is 31.9 Å². The number of hydrogen-bond acceptors (Lipinski definition) is 5. The van der Waals surface area contributed by atoms with E-state index in [-0.39, 0.29) is 11.8 Å². The Hall–Kier alpha value is -2.40. The van der Waals surface area contributed by atoms with E-state index in [1.54, 1.807) is 0 Å². The fraction of sp³-hybridized carbons (Fsp3) is 0.550. The average Bonchev–Trinajstić information content (AvgIpc) is 3.23. The van der Waals surface area contributed by atoms with Gasteiger partial charge in [-0.25, -0.2) is 9.78 Å². The van der Waals surface area contributed by atoms with Crippen molar-refractivity contribution in [2.75, 3.05) is 6.54 Å². The van der Waals surface area contributed by atoms with Crippen LogP contribution in [0.15, 0.2) is 18.3 Å². The standard InChI is InChI=1S/C18H24N4OS.C2HF3O2/c1-13-5-6-16(24-13)11-21-7-8-22-10-15(20-17(22)12-21)9-19-18(23)14-3-2-4-14;3-2(4,5)1(6)7/h5-6,10,14H,2-4,7-9,11-12H2,1H3,(H,19,23);(H,6,7). The second-order valence-electron chi connectivity index (χ2n) is 7.71. The van der Waals surface area contributed by atoms with E-state index >= 15 is 0 Å². The Kier molecular flexibility index (Phi) is 7.37. The zero-order valence-electron chi connectivity index (χ0n) is 17.1. The van der Waals surface area contributed by atoms with Crippen molar-refractivity contribution in [1.29, 1.82) is 0 Å². The lowest BCUT2D eigenvalue weighted by atomic mass is 9.85. The molecule has 2 aliphatic rings. The summed E-state index contributed by atoms with van der Waals surface area (Å²) >= 11 is 1.87. The molecular formula is C20H25F3N4O3S. The summed E-state index contributed by atoms with van der Waals surface area (Å²) in [6.07, 6.45) is 0.296. The van der Waals surface area contributed by atoms with E-state index in [9.17, 15) is 18.0 Å². The number of fused-ring (bicyclic) bond motifs is 1. The highest BCUT2D eigenvalue weighted by Gasteiger charge is 2.38. The quantitative estimate of drug-likeness (QED) is 0.718. The van der Waals surface area contributed by atoms with Crippen molar-refractivity contribution in [1.82, 2.24) is 19.8 Å². The van der Waals surface area contributed by atoms with Crippen LogP contribution in [0.2, 0.25) is 0 Å². The summed E-state index contributed by atoms with van der Waals surface area (Å²) in [5.41, 5.74) is 0.978. The van der Waals surface area contributed by atoms with Gasteiger partial charge in [0.15, 0.2) is 0 Å². The minimum Gasteiger partial charge on any atom is -0.475 e. The number of alkyl halides is 3. The zero-order valence-corrected chi connectivity index (χ0v) is 17.9. The van der Waals surface area contributed by atoms with Crippen LogP contribution in [0.25, 0.3) is 0 Å². The number of rotatable bonds is 5. The molecular weight excluding hydrogens is 433 g/mol. The van der Waals surface area contributed by atoms with Crippen molar-refractivity contribution in [2.24, 2.45) is 5.92 Å². The smallest absolute Gasteiger partial charge is 0.475 e. The molecule has 2 N–H and O–H groups in total. The number of nitrogens with zero attached hydrogens (tertiary/aromatic N) is 3. The summed E-state index contributed by atoms with van der Waals surface area (Å²) in [4.78, 5) is 30.8. The molecule has 1 aliphatic heterocycles. The number of halogens is 3. The van der Waals surface area contributed by atoms with Crippen LogP contribution in [0.1, 0.15) is 40.5 Å². The molecule has 3 heterocycles. The van der Waals surface area contributed by atoms with Gasteiger partial charge < -0.3 is 15.0 Å². The number of carboxylic acid groups (broad SMARTS) is 1. The van der Waals surface area contributed by atoms with E-state index in [1.807, 2.05) is 11.3 Å². The Morgan fingerprint density at radius 2 is 2.00 bits per heavy atom. The molecule has 2 aromatic rings. The van der Waals surface area contributed by atoms with Crippen LogP contribution in [-0.4, -0.2) is 44.2 Å². The molecule has 170 valence electrons. The van der Waals surface area contributed by atoms with Gasteiger partial charge >= 0.3 is 12.1 Å². The molecule has 4 rings (SSSR count). The van der Waals surface area contributed by atoms with Crippen LogP contribution < -0.4 is 5.32 Å². The molecule has 0 bridgehead atoms. The Balaban J connectivity index is 0.000000339. The molecule has 0 unspecified atom stereocenters. The zero-order chi connectivity index (χ0) is 22.6. The first-order valence-corrected chi connectivity index (χ1v) is 10.8. The lowest BCUT2D eigenvalue weighted by molar-refractivity contribution is -0.192. The summed E-state index contributed by atoms with van der Waals surface area (Å²) in [6.45, 7) is 6.62. The largest absolute Gasteiger partial charge is 0.490 e. The first-order chi connectivity index (χ1) is 14.6. The van der Waals surface area contributed by atoms with E-state index in [0.29, 0.717) is 6.54 Å². The van der Waals surface area contributed by atoms with Crippen molar-refractivity contribution in [2.45, 2.75) is 58.5 Å². The maximum Gasteiger partial charge on any atom is 0.490 e. The summed E-state index contributed by atoms with van der Waals surface area (Å²) in [5.74, 6) is -1.20. The highest BCUT2D eigenvalue weighted by atomic mass is 32.1. The lowest BCUT2D eigenvalue weighted by Gasteiger charge is -2.26. The van der Waals surface area contributed by atoms with Crippen LogP contribution in [0.3, 0.4) is 0 Å². The van der Waals surface area contributed by atoms with Crippen LogP contribution in [-0.2, 0) is 35.8 Å². The third-order valence-electron chi connectivity index (χ3n) is 5.27. The van der Waals surface area contributed by atoms with E-state index in [4.69, 9.17) is 14.9 Å². The normalized spacial score (nSPS) is 16.6. The van der Waals surface area contributed by atoms with Gasteiger partial charge in [-0.1, -0.05) is 6.42 Å². The first kappa shape index (κ1) is 23.3. The van der Waals surface area contributed by atoms with Crippen LogP contribution in [0, 0.1) is 12.8 Å². The van der Waals surface area contributed by atoms with Gasteiger partial charge in [0.1, 0.15) is 5.82 Å². The van der Waals surface area contributed by atoms with Crippen molar-refractivity contribution in [3.05, 3.63) is 39.6 Å². The lowest BCUT2D eigenvalue weighted by Crippen LogP contribution is -2.34. The van der Waals surface area contributed by atoms with Gasteiger partial charge in [0, 0.05) is 41.5 Å². The summed E-state index contributed by atoms with van der Waals surface area (Å²) in [5, 5.41) is 10.2. The molecule has 1 amide bonds. The van der Waals surface area contributed by atoms with E-state index in [0.717, 1.165) is 50.5 Å². The van der Waals surface area contributed by atoms with E-state index in [2.05, 4.69) is 40.0 Å². The second kappa shape index (κ2) is 9.82. The number of amides is 1. The van der Waals surface area contributed by atoms with Crippen molar-refractivity contribution in [3.8, 4) is 0 Å². The fourth-order valence-corrected chi connectivity index (χ4v) is 4.30. The third-order valence-corrected chi connectivity index (χ3v) is 6.25. The molecule has 0 radical (unpaired) electrons. The molecule has 0 aromatic carbocycles. The molecule has 1 fully saturated rings.